The van der Waals surface area contributed by atoms with Gasteiger partial charge in [0.05, 0.1) is 0 Å². The molecule has 1 rings (SSSR count). The van der Waals surface area contributed by atoms with Gasteiger partial charge in [-0.3, -0.25) is 9.59 Å². The van der Waals surface area contributed by atoms with Gasteiger partial charge in [-0.15, -0.1) is 0 Å². The van der Waals surface area contributed by atoms with Crippen LogP contribution in [0.1, 0.15) is 13.8 Å². The minimum absolute atomic E-state index is 0.230. The first-order valence-electron chi connectivity index (χ1n) is 4.94. The first-order valence-corrected chi connectivity index (χ1v) is 4.94. The van der Waals surface area contributed by atoms with E-state index < -0.39 is 5.97 Å². The Bertz CT molecular complexity index is 339. The van der Waals surface area contributed by atoms with Gasteiger partial charge < -0.3 is 14.9 Å². The third-order valence-corrected chi connectivity index (χ3v) is 1.55. The van der Waals surface area contributed by atoms with Gasteiger partial charge in [-0.25, -0.2) is 4.57 Å². The van der Waals surface area contributed by atoms with Crippen molar-refractivity contribution in [2.75, 3.05) is 6.61 Å². The monoisotopic (exact) mass is 241 g/mol. The van der Waals surface area contributed by atoms with Gasteiger partial charge in [-0.05, 0) is 0 Å². The van der Waals surface area contributed by atoms with E-state index in [9.17, 15) is 9.59 Å². The fourth-order valence-electron chi connectivity index (χ4n) is 0.878. The Labute approximate surface area is 99.3 Å². The Kier molecular flexibility index (Phi) is 8.22. The molecule has 1 aromatic rings. The van der Waals surface area contributed by atoms with Crippen molar-refractivity contribution in [2.24, 2.45) is 0 Å². The molecule has 0 spiro atoms. The average Bonchev–Trinajstić information content (AvgIpc) is 2.30. The van der Waals surface area contributed by atoms with Crippen LogP contribution in [0.25, 0.3) is 0 Å². The van der Waals surface area contributed by atoms with Gasteiger partial charge in [0.15, 0.2) is 25.5 Å². The lowest BCUT2D eigenvalue weighted by molar-refractivity contribution is -0.697. The lowest BCUT2D eigenvalue weighted by Crippen LogP contribution is -2.35. The highest BCUT2D eigenvalue weighted by atomic mass is 17.1. The van der Waals surface area contributed by atoms with Crippen molar-refractivity contribution in [3.8, 4) is 0 Å². The zero-order valence-corrected chi connectivity index (χ0v) is 9.79. The first kappa shape index (κ1) is 15.0. The summed E-state index contributed by atoms with van der Waals surface area (Å²) in [5.41, 5.74) is 0. The van der Waals surface area contributed by atoms with Crippen LogP contribution in [0.3, 0.4) is 0 Å². The molecular weight excluding hydrogens is 226 g/mol. The molecule has 0 fully saturated rings. The van der Waals surface area contributed by atoms with E-state index in [1.54, 1.807) is 0 Å². The van der Waals surface area contributed by atoms with Crippen molar-refractivity contribution in [3.63, 3.8) is 0 Å². The number of ether oxygens (including phenoxy) is 1. The summed E-state index contributed by atoms with van der Waals surface area (Å²) in [6.07, 6.45) is 3.87. The molecule has 17 heavy (non-hydrogen) atoms. The van der Waals surface area contributed by atoms with Crippen molar-refractivity contribution in [3.05, 3.63) is 30.6 Å². The summed E-state index contributed by atoms with van der Waals surface area (Å²) >= 11 is 0. The zero-order chi connectivity index (χ0) is 13.1. The Balaban J connectivity index is 0.000000437. The van der Waals surface area contributed by atoms with Gasteiger partial charge >= 0.3 is 5.97 Å². The number of rotatable bonds is 3. The number of hydrogen-bond donors (Lipinski definition) is 0. The summed E-state index contributed by atoms with van der Waals surface area (Å²) in [6.45, 7) is 3.60. The van der Waals surface area contributed by atoms with E-state index in [-0.39, 0.29) is 5.97 Å². The van der Waals surface area contributed by atoms with Crippen molar-refractivity contribution in [1.82, 2.24) is 0 Å². The first-order chi connectivity index (χ1) is 8.06. The molecule has 0 aliphatic rings. The van der Waals surface area contributed by atoms with E-state index >= 15 is 0 Å². The largest absolute Gasteiger partial charge is 0.662 e. The Morgan fingerprint density at radius 2 is 1.65 bits per heavy atom. The second-order valence-corrected chi connectivity index (χ2v) is 3.03. The Morgan fingerprint density at radius 3 is 2.06 bits per heavy atom. The standard InChI is InChI=1S/C9H12NO2.C2H4O3/c1-9(11)12-8-7-10-5-3-2-4-6-10;1-2(3)5-4/h2-6H,7-8H2,1H3;4H,1H3/q+1;/p-1. The minimum atomic E-state index is -0.801. The molecular formula is C11H15NO5. The molecule has 0 saturated carbocycles. The van der Waals surface area contributed by atoms with Crippen LogP contribution in [0.2, 0.25) is 0 Å². The van der Waals surface area contributed by atoms with Crippen LogP contribution in [0.5, 0.6) is 0 Å². The zero-order valence-electron chi connectivity index (χ0n) is 9.79. The molecule has 6 heteroatoms. The number of pyridine rings is 1. The molecule has 0 aliphatic carbocycles. The summed E-state index contributed by atoms with van der Waals surface area (Å²) in [7, 11) is 0. The number of carbonyl (C=O) groups excluding carboxylic acids is 2. The van der Waals surface area contributed by atoms with Gasteiger partial charge in [-0.2, -0.15) is 0 Å². The fraction of sp³-hybridized carbons (Fsp3) is 0.364. The van der Waals surface area contributed by atoms with Gasteiger partial charge in [0.1, 0.15) is 0 Å². The summed E-state index contributed by atoms with van der Waals surface area (Å²) in [6, 6.07) is 5.82. The highest BCUT2D eigenvalue weighted by Crippen LogP contribution is 1.79. The van der Waals surface area contributed by atoms with Crippen molar-refractivity contribution >= 4 is 11.9 Å². The molecule has 0 amide bonds. The number of aromatic nitrogens is 1. The van der Waals surface area contributed by atoms with Crippen LogP contribution in [0.15, 0.2) is 30.6 Å². The average molecular weight is 241 g/mol. The molecule has 1 aromatic heterocycles. The van der Waals surface area contributed by atoms with Crippen LogP contribution >= 0.6 is 0 Å². The highest BCUT2D eigenvalue weighted by Gasteiger charge is 1.98. The molecule has 0 atom stereocenters. The van der Waals surface area contributed by atoms with Gasteiger partial charge in [0, 0.05) is 26.0 Å². The van der Waals surface area contributed by atoms with E-state index in [0.717, 1.165) is 6.92 Å². The number of esters is 1. The number of carbonyl (C=O) groups is 2. The van der Waals surface area contributed by atoms with E-state index in [1.807, 2.05) is 35.2 Å². The van der Waals surface area contributed by atoms with E-state index in [0.29, 0.717) is 13.2 Å². The van der Waals surface area contributed by atoms with Crippen molar-refractivity contribution in [2.45, 2.75) is 20.4 Å². The molecule has 0 N–H and O–H groups in total. The van der Waals surface area contributed by atoms with Crippen LogP contribution in [-0.2, 0) is 25.8 Å². The molecule has 0 unspecified atom stereocenters. The van der Waals surface area contributed by atoms with E-state index in [4.69, 9.17) is 9.99 Å². The lowest BCUT2D eigenvalue weighted by atomic mass is 10.5. The lowest BCUT2D eigenvalue weighted by Gasteiger charge is -1.97. The maximum Gasteiger partial charge on any atom is 0.302 e. The van der Waals surface area contributed by atoms with Crippen LogP contribution in [0, 0.1) is 0 Å². The molecule has 0 bridgehead atoms. The molecule has 1 heterocycles. The third kappa shape index (κ3) is 10.3. The number of hydrogen-bond acceptors (Lipinski definition) is 5. The fourth-order valence-corrected chi connectivity index (χ4v) is 0.878. The van der Waals surface area contributed by atoms with Crippen LogP contribution in [0.4, 0.5) is 0 Å². The van der Waals surface area contributed by atoms with E-state index in [1.165, 1.54) is 6.92 Å². The van der Waals surface area contributed by atoms with Crippen molar-refractivity contribution < 1.29 is 29.0 Å². The summed E-state index contributed by atoms with van der Waals surface area (Å²) in [5, 5.41) is 8.78. The van der Waals surface area contributed by atoms with E-state index in [2.05, 4.69) is 4.89 Å². The second-order valence-electron chi connectivity index (χ2n) is 3.03. The summed E-state index contributed by atoms with van der Waals surface area (Å²) in [4.78, 5) is 22.5. The SMILES string of the molecule is CC(=O)OCC[n+]1ccccc1.CC(=O)O[O-]. The third-order valence-electron chi connectivity index (χ3n) is 1.55. The highest BCUT2D eigenvalue weighted by molar-refractivity contribution is 5.65. The quantitative estimate of drug-likeness (QED) is 0.304. The topological polar surface area (TPSA) is 79.5 Å². The molecule has 6 nitrogen and oxygen atoms in total. The molecule has 0 saturated heterocycles. The normalized spacial score (nSPS) is 8.65. The maximum absolute atomic E-state index is 10.4. The van der Waals surface area contributed by atoms with Gasteiger partial charge in [0.25, 0.3) is 5.97 Å². The summed E-state index contributed by atoms with van der Waals surface area (Å²) < 4.78 is 6.75. The van der Waals surface area contributed by atoms with Crippen LogP contribution < -0.4 is 9.82 Å². The Morgan fingerprint density at radius 1 is 1.12 bits per heavy atom. The number of nitrogens with zero attached hydrogens (tertiary/aromatic N) is 1. The molecule has 0 radical (unpaired) electrons. The smallest absolute Gasteiger partial charge is 0.302 e. The summed E-state index contributed by atoms with van der Waals surface area (Å²) in [5.74, 6) is -1.03. The predicted molar refractivity (Wildman–Crippen MR) is 55.0 cm³/mol. The van der Waals surface area contributed by atoms with Gasteiger partial charge in [0.2, 0.25) is 0 Å². The van der Waals surface area contributed by atoms with Crippen molar-refractivity contribution in [1.29, 1.82) is 0 Å². The second kappa shape index (κ2) is 9.29. The molecule has 0 aromatic carbocycles. The van der Waals surface area contributed by atoms with Gasteiger partial charge in [-0.1, -0.05) is 6.07 Å². The molecule has 94 valence electrons. The minimum Gasteiger partial charge on any atom is -0.662 e. The maximum atomic E-state index is 10.4. The predicted octanol–water partition coefficient (Wildman–Crippen LogP) is -0.638. The van der Waals surface area contributed by atoms with Crippen LogP contribution in [-0.4, -0.2) is 18.5 Å². The molecule has 0 aliphatic heterocycles. The Hall–Kier alpha value is -1.95.